The van der Waals surface area contributed by atoms with Crippen molar-refractivity contribution < 1.29 is 9.59 Å². The first-order valence-electron chi connectivity index (χ1n) is 4.91. The third-order valence-electron chi connectivity index (χ3n) is 2.25. The molecule has 0 saturated heterocycles. The summed E-state index contributed by atoms with van der Waals surface area (Å²) in [6, 6.07) is 0. The van der Waals surface area contributed by atoms with Crippen LogP contribution in [0.3, 0.4) is 0 Å². The maximum Gasteiger partial charge on any atom is 0.216 e. The van der Waals surface area contributed by atoms with E-state index in [1.807, 2.05) is 0 Å². The van der Waals surface area contributed by atoms with E-state index in [-0.39, 0.29) is 22.1 Å². The first-order valence-corrected chi connectivity index (χ1v) is 5.32. The second-order valence-corrected chi connectivity index (χ2v) is 3.84. The van der Waals surface area contributed by atoms with Gasteiger partial charge in [0, 0.05) is 12.6 Å². The van der Waals surface area contributed by atoms with E-state index in [2.05, 4.69) is 18.5 Å². The van der Waals surface area contributed by atoms with Crippen molar-refractivity contribution >= 4 is 28.6 Å². The lowest BCUT2D eigenvalue weighted by Gasteiger charge is -2.20. The van der Waals surface area contributed by atoms with Crippen molar-refractivity contribution in [3.05, 3.63) is 37.1 Å². The molecular formula is C12H13NO2S. The molecule has 0 bridgehead atoms. The Balaban J connectivity index is 2.91. The summed E-state index contributed by atoms with van der Waals surface area (Å²) in [5.41, 5.74) is 0.259. The third-order valence-corrected chi connectivity index (χ3v) is 2.72. The summed E-state index contributed by atoms with van der Waals surface area (Å²) in [4.78, 5) is 23.6. The molecule has 0 aromatic heterocycles. The Morgan fingerprint density at radius 3 is 2.62 bits per heavy atom. The monoisotopic (exact) mass is 235 g/mol. The molecule has 4 heteroatoms. The number of rotatable bonds is 5. The second-order valence-electron chi connectivity index (χ2n) is 3.40. The number of allylic oxidation sites excluding steroid dienone is 3. The molecule has 1 aliphatic rings. The summed E-state index contributed by atoms with van der Waals surface area (Å²) in [5, 5.41) is 2.80. The molecule has 0 heterocycles. The molecule has 0 amide bonds. The fourth-order valence-corrected chi connectivity index (χ4v) is 1.75. The van der Waals surface area contributed by atoms with E-state index in [0.717, 1.165) is 0 Å². The van der Waals surface area contributed by atoms with Crippen LogP contribution in [-0.2, 0) is 9.59 Å². The van der Waals surface area contributed by atoms with Gasteiger partial charge >= 0.3 is 0 Å². The standard InChI is InChI=1S/C12H13NO2S/c1-3-5-8-10(14)7-9(13-6-4-2)11(15)12(8)16/h3-4,7-8,13H,1-2,5-6H2. The Morgan fingerprint density at radius 1 is 1.38 bits per heavy atom. The van der Waals surface area contributed by atoms with Crippen LogP contribution in [0.5, 0.6) is 0 Å². The zero-order chi connectivity index (χ0) is 12.1. The summed E-state index contributed by atoms with van der Waals surface area (Å²) in [7, 11) is 0. The van der Waals surface area contributed by atoms with E-state index in [9.17, 15) is 9.59 Å². The number of carbonyl (C=O) groups excluding carboxylic acids is 2. The van der Waals surface area contributed by atoms with E-state index in [1.165, 1.54) is 6.08 Å². The van der Waals surface area contributed by atoms with Crippen molar-refractivity contribution in [1.29, 1.82) is 0 Å². The normalized spacial score (nSPS) is 20.4. The molecule has 1 rings (SSSR count). The predicted molar refractivity (Wildman–Crippen MR) is 67.2 cm³/mol. The number of ketones is 2. The molecule has 1 N–H and O–H groups in total. The van der Waals surface area contributed by atoms with Crippen molar-refractivity contribution in [1.82, 2.24) is 5.32 Å². The van der Waals surface area contributed by atoms with Gasteiger partial charge in [0.2, 0.25) is 5.78 Å². The number of carbonyl (C=O) groups is 2. The number of thiocarbonyl (C=S) groups is 1. The van der Waals surface area contributed by atoms with Crippen LogP contribution in [-0.4, -0.2) is 23.0 Å². The zero-order valence-corrected chi connectivity index (χ0v) is 9.68. The lowest BCUT2D eigenvalue weighted by Crippen LogP contribution is -2.38. The summed E-state index contributed by atoms with van der Waals surface area (Å²) in [6.45, 7) is 7.50. The smallest absolute Gasteiger partial charge is 0.216 e. The van der Waals surface area contributed by atoms with Gasteiger partial charge in [-0.05, 0) is 6.42 Å². The Bertz CT molecular complexity index is 396. The average molecular weight is 235 g/mol. The highest BCUT2D eigenvalue weighted by Crippen LogP contribution is 2.18. The molecular weight excluding hydrogens is 222 g/mol. The quantitative estimate of drug-likeness (QED) is 0.577. The van der Waals surface area contributed by atoms with Crippen LogP contribution in [0.25, 0.3) is 0 Å². The van der Waals surface area contributed by atoms with Crippen molar-refractivity contribution in [2.75, 3.05) is 6.54 Å². The van der Waals surface area contributed by atoms with Gasteiger partial charge in [-0.15, -0.1) is 13.2 Å². The summed E-state index contributed by atoms with van der Waals surface area (Å²) in [5.74, 6) is -0.936. The van der Waals surface area contributed by atoms with Gasteiger partial charge in [0.1, 0.15) is 0 Å². The van der Waals surface area contributed by atoms with Gasteiger partial charge in [-0.2, -0.15) is 0 Å². The molecule has 0 saturated carbocycles. The van der Waals surface area contributed by atoms with Crippen molar-refractivity contribution in [3.8, 4) is 0 Å². The van der Waals surface area contributed by atoms with Crippen molar-refractivity contribution in [2.24, 2.45) is 5.92 Å². The Hall–Kier alpha value is -1.55. The van der Waals surface area contributed by atoms with Crippen LogP contribution >= 0.6 is 12.2 Å². The van der Waals surface area contributed by atoms with Gasteiger partial charge in [-0.1, -0.05) is 24.4 Å². The maximum atomic E-state index is 11.8. The molecule has 1 aliphatic carbocycles. The SMILES string of the molecule is C=CCNC1=CC(=O)C(CC=C)C(=S)C1=O. The lowest BCUT2D eigenvalue weighted by atomic mass is 9.87. The van der Waals surface area contributed by atoms with E-state index in [1.54, 1.807) is 12.2 Å². The van der Waals surface area contributed by atoms with Gasteiger partial charge in [-0.25, -0.2) is 0 Å². The first kappa shape index (κ1) is 12.5. The van der Waals surface area contributed by atoms with Crippen LogP contribution < -0.4 is 5.32 Å². The van der Waals surface area contributed by atoms with Crippen LogP contribution in [0.1, 0.15) is 6.42 Å². The summed E-state index contributed by atoms with van der Waals surface area (Å²) >= 11 is 5.00. The molecule has 0 radical (unpaired) electrons. The molecule has 1 unspecified atom stereocenters. The molecule has 0 aliphatic heterocycles. The Morgan fingerprint density at radius 2 is 2.06 bits per heavy atom. The minimum absolute atomic E-state index is 0.143. The zero-order valence-electron chi connectivity index (χ0n) is 8.86. The fraction of sp³-hybridized carbons (Fsp3) is 0.250. The van der Waals surface area contributed by atoms with E-state index < -0.39 is 5.92 Å². The topological polar surface area (TPSA) is 46.2 Å². The molecule has 1 atom stereocenters. The number of nitrogens with one attached hydrogen (secondary N) is 1. The van der Waals surface area contributed by atoms with Crippen LogP contribution in [0.15, 0.2) is 37.1 Å². The molecule has 3 nitrogen and oxygen atoms in total. The number of hydrogen-bond acceptors (Lipinski definition) is 4. The van der Waals surface area contributed by atoms with Gasteiger partial charge in [0.05, 0.1) is 16.5 Å². The third kappa shape index (κ3) is 2.52. The lowest BCUT2D eigenvalue weighted by molar-refractivity contribution is -0.119. The summed E-state index contributed by atoms with van der Waals surface area (Å²) in [6.07, 6.45) is 4.93. The van der Waals surface area contributed by atoms with Crippen LogP contribution in [0, 0.1) is 5.92 Å². The molecule has 0 fully saturated rings. The molecule has 0 spiro atoms. The van der Waals surface area contributed by atoms with Crippen molar-refractivity contribution in [2.45, 2.75) is 6.42 Å². The highest BCUT2D eigenvalue weighted by Gasteiger charge is 2.32. The van der Waals surface area contributed by atoms with Crippen molar-refractivity contribution in [3.63, 3.8) is 0 Å². The minimum atomic E-state index is -0.519. The second kappa shape index (κ2) is 5.51. The largest absolute Gasteiger partial charge is 0.378 e. The number of hydrogen-bond donors (Lipinski definition) is 1. The van der Waals surface area contributed by atoms with Gasteiger partial charge in [0.15, 0.2) is 5.78 Å². The molecule has 0 aromatic rings. The van der Waals surface area contributed by atoms with E-state index >= 15 is 0 Å². The van der Waals surface area contributed by atoms with Gasteiger partial charge in [-0.3, -0.25) is 9.59 Å². The maximum absolute atomic E-state index is 11.8. The molecule has 0 aromatic carbocycles. The van der Waals surface area contributed by atoms with E-state index in [0.29, 0.717) is 13.0 Å². The molecule has 84 valence electrons. The van der Waals surface area contributed by atoms with E-state index in [4.69, 9.17) is 12.2 Å². The van der Waals surface area contributed by atoms with Gasteiger partial charge < -0.3 is 5.32 Å². The van der Waals surface area contributed by atoms with Gasteiger partial charge in [0.25, 0.3) is 0 Å². The van der Waals surface area contributed by atoms with Crippen LogP contribution in [0.2, 0.25) is 0 Å². The average Bonchev–Trinajstić information content (AvgIpc) is 2.27. The first-order chi connectivity index (χ1) is 7.61. The highest BCUT2D eigenvalue weighted by atomic mass is 32.1. The summed E-state index contributed by atoms with van der Waals surface area (Å²) < 4.78 is 0. The molecule has 16 heavy (non-hydrogen) atoms. The minimum Gasteiger partial charge on any atom is -0.378 e. The number of Topliss-reactive ketones (excluding diaryl/α,β-unsaturated/α-hetero) is 1. The fourth-order valence-electron chi connectivity index (χ4n) is 1.43. The Kier molecular flexibility index (Phi) is 4.31. The Labute approximate surface area is 99.9 Å². The predicted octanol–water partition coefficient (Wildman–Crippen LogP) is 1.36. The van der Waals surface area contributed by atoms with Crippen LogP contribution in [0.4, 0.5) is 0 Å². The highest BCUT2D eigenvalue weighted by molar-refractivity contribution is 7.82.